The first-order valence-corrected chi connectivity index (χ1v) is 13.0. The fourth-order valence-corrected chi connectivity index (χ4v) is 5.47. The Bertz CT molecular complexity index is 1390. The average Bonchev–Trinajstić information content (AvgIpc) is 3.38. The summed E-state index contributed by atoms with van der Waals surface area (Å²) in [5.41, 5.74) is 2.34. The topological polar surface area (TPSA) is 88.9 Å². The maximum Gasteiger partial charge on any atom is 0.252 e. The maximum atomic E-state index is 13.4. The van der Waals surface area contributed by atoms with Crippen molar-refractivity contribution in [2.24, 2.45) is 0 Å². The number of aromatic amines is 1. The van der Waals surface area contributed by atoms with Crippen LogP contribution in [0.15, 0.2) is 53.3 Å². The number of rotatable bonds is 9. The Morgan fingerprint density at radius 1 is 1.14 bits per heavy atom. The molecule has 1 fully saturated rings. The van der Waals surface area contributed by atoms with Crippen molar-refractivity contribution in [3.63, 3.8) is 0 Å². The zero-order valence-corrected chi connectivity index (χ0v) is 21.4. The number of tetrazole rings is 1. The van der Waals surface area contributed by atoms with Gasteiger partial charge in [-0.15, -0.1) is 5.10 Å². The van der Waals surface area contributed by atoms with Crippen LogP contribution in [-0.2, 0) is 13.1 Å². The fourth-order valence-electron chi connectivity index (χ4n) is 5.47. The second-order valence-corrected chi connectivity index (χ2v) is 9.79. The van der Waals surface area contributed by atoms with E-state index in [9.17, 15) is 9.18 Å². The van der Waals surface area contributed by atoms with Gasteiger partial charge in [0, 0.05) is 29.1 Å². The van der Waals surface area contributed by atoms with Gasteiger partial charge in [-0.05, 0) is 71.7 Å². The summed E-state index contributed by atoms with van der Waals surface area (Å²) >= 11 is 0. The molecule has 1 aliphatic rings. The van der Waals surface area contributed by atoms with Gasteiger partial charge in [0.1, 0.15) is 11.6 Å². The standard InChI is InChI=1S/C28H33FN6O2/c1-3-26(27-31-32-33-35(27)17-19-9-11-22(29)12-10-19)34(23-7-5-4-6-8-23)18-21-15-20-16-24(37-2)13-14-25(20)30-28(21)36/h9-16,23,26H,3-8,17-18H2,1-2H3,(H,30,36). The first kappa shape index (κ1) is 25.1. The number of hydrogen-bond acceptors (Lipinski definition) is 6. The predicted octanol–water partition coefficient (Wildman–Crippen LogP) is 5.00. The summed E-state index contributed by atoms with van der Waals surface area (Å²) < 4.78 is 20.6. The molecule has 0 bridgehead atoms. The highest BCUT2D eigenvalue weighted by Crippen LogP contribution is 2.33. The number of nitrogens with one attached hydrogen (secondary N) is 1. The lowest BCUT2D eigenvalue weighted by atomic mass is 9.92. The van der Waals surface area contributed by atoms with Crippen LogP contribution in [0.3, 0.4) is 0 Å². The second kappa shape index (κ2) is 11.2. The van der Waals surface area contributed by atoms with E-state index in [1.54, 1.807) is 23.9 Å². The minimum Gasteiger partial charge on any atom is -0.497 e. The molecule has 8 nitrogen and oxygen atoms in total. The van der Waals surface area contributed by atoms with Crippen LogP contribution in [0.4, 0.5) is 4.39 Å². The van der Waals surface area contributed by atoms with Crippen molar-refractivity contribution < 1.29 is 9.13 Å². The van der Waals surface area contributed by atoms with Gasteiger partial charge in [0.05, 0.1) is 19.7 Å². The Kier molecular flexibility index (Phi) is 7.60. The first-order valence-electron chi connectivity index (χ1n) is 13.0. The van der Waals surface area contributed by atoms with E-state index in [-0.39, 0.29) is 17.4 Å². The molecule has 0 spiro atoms. The summed E-state index contributed by atoms with van der Waals surface area (Å²) in [5.74, 6) is 1.24. The van der Waals surface area contributed by atoms with Gasteiger partial charge in [0.25, 0.3) is 5.56 Å². The summed E-state index contributed by atoms with van der Waals surface area (Å²) in [6, 6.07) is 14.3. The molecule has 5 rings (SSSR count). The van der Waals surface area contributed by atoms with Gasteiger partial charge in [-0.3, -0.25) is 9.69 Å². The number of H-pyrrole nitrogens is 1. The maximum absolute atomic E-state index is 13.4. The molecule has 0 amide bonds. The number of benzene rings is 2. The average molecular weight is 505 g/mol. The van der Waals surface area contributed by atoms with E-state index < -0.39 is 0 Å². The highest BCUT2D eigenvalue weighted by molar-refractivity contribution is 5.80. The minimum absolute atomic E-state index is 0.0704. The van der Waals surface area contributed by atoms with Crippen LogP contribution in [-0.4, -0.2) is 43.2 Å². The molecule has 1 aliphatic carbocycles. The Morgan fingerprint density at radius 2 is 1.92 bits per heavy atom. The molecule has 1 N–H and O–H groups in total. The van der Waals surface area contributed by atoms with E-state index in [0.717, 1.165) is 47.3 Å². The van der Waals surface area contributed by atoms with Crippen LogP contribution < -0.4 is 10.3 Å². The normalized spacial score (nSPS) is 15.4. The molecule has 0 radical (unpaired) electrons. The third-order valence-electron chi connectivity index (χ3n) is 7.42. The summed E-state index contributed by atoms with van der Waals surface area (Å²) in [7, 11) is 1.64. The molecule has 1 atom stereocenters. The molecule has 37 heavy (non-hydrogen) atoms. The molecular weight excluding hydrogens is 471 g/mol. The third-order valence-corrected chi connectivity index (χ3v) is 7.42. The van der Waals surface area contributed by atoms with Crippen molar-refractivity contribution in [1.82, 2.24) is 30.1 Å². The fraction of sp³-hybridized carbons (Fsp3) is 0.429. The lowest BCUT2D eigenvalue weighted by Crippen LogP contribution is -2.41. The number of aromatic nitrogens is 5. The van der Waals surface area contributed by atoms with Gasteiger partial charge in [-0.25, -0.2) is 9.07 Å². The summed E-state index contributed by atoms with van der Waals surface area (Å²) in [6.45, 7) is 3.08. The van der Waals surface area contributed by atoms with Crippen LogP contribution in [0.1, 0.15) is 68.4 Å². The van der Waals surface area contributed by atoms with Gasteiger partial charge in [0.2, 0.25) is 0 Å². The van der Waals surface area contributed by atoms with Gasteiger partial charge >= 0.3 is 0 Å². The van der Waals surface area contributed by atoms with E-state index >= 15 is 0 Å². The zero-order chi connectivity index (χ0) is 25.8. The highest BCUT2D eigenvalue weighted by Gasteiger charge is 2.32. The second-order valence-electron chi connectivity index (χ2n) is 9.79. The molecule has 0 saturated heterocycles. The van der Waals surface area contributed by atoms with Crippen molar-refractivity contribution in [3.8, 4) is 5.75 Å². The highest BCUT2D eigenvalue weighted by atomic mass is 19.1. The van der Waals surface area contributed by atoms with Crippen LogP contribution in [0.25, 0.3) is 10.9 Å². The Balaban J connectivity index is 1.50. The molecule has 2 heterocycles. The SMILES string of the molecule is CCC(c1nnnn1Cc1ccc(F)cc1)N(Cc1cc2cc(OC)ccc2[nH]c1=O)C1CCCCC1. The number of halogens is 1. The zero-order valence-electron chi connectivity index (χ0n) is 21.4. The summed E-state index contributed by atoms with van der Waals surface area (Å²) in [5, 5.41) is 13.6. The summed E-state index contributed by atoms with van der Waals surface area (Å²) in [6.07, 6.45) is 6.52. The molecule has 9 heteroatoms. The minimum atomic E-state index is -0.270. The van der Waals surface area contributed by atoms with Crippen LogP contribution in [0.2, 0.25) is 0 Å². The van der Waals surface area contributed by atoms with Gasteiger partial charge in [-0.2, -0.15) is 0 Å². The molecule has 2 aromatic carbocycles. The largest absolute Gasteiger partial charge is 0.497 e. The van der Waals surface area contributed by atoms with Crippen LogP contribution >= 0.6 is 0 Å². The molecule has 4 aromatic rings. The lowest BCUT2D eigenvalue weighted by Gasteiger charge is -2.39. The molecule has 2 aromatic heterocycles. The number of pyridine rings is 1. The molecule has 1 unspecified atom stereocenters. The van der Waals surface area contributed by atoms with Gasteiger partial charge < -0.3 is 9.72 Å². The van der Waals surface area contributed by atoms with Crippen molar-refractivity contribution in [2.75, 3.05) is 7.11 Å². The molecule has 194 valence electrons. The Morgan fingerprint density at radius 3 is 2.65 bits per heavy atom. The van der Waals surface area contributed by atoms with Crippen molar-refractivity contribution in [1.29, 1.82) is 0 Å². The van der Waals surface area contributed by atoms with Crippen molar-refractivity contribution in [3.05, 3.63) is 81.7 Å². The number of fused-ring (bicyclic) bond motifs is 1. The van der Waals surface area contributed by atoms with Crippen molar-refractivity contribution >= 4 is 10.9 Å². The Hall–Kier alpha value is -3.59. The lowest BCUT2D eigenvalue weighted by molar-refractivity contribution is 0.0844. The van der Waals surface area contributed by atoms with Gasteiger partial charge in [0.15, 0.2) is 5.82 Å². The van der Waals surface area contributed by atoms with E-state index in [1.165, 1.54) is 31.4 Å². The van der Waals surface area contributed by atoms with Crippen LogP contribution in [0.5, 0.6) is 5.75 Å². The molecule has 0 aliphatic heterocycles. The van der Waals surface area contributed by atoms with E-state index in [0.29, 0.717) is 24.7 Å². The van der Waals surface area contributed by atoms with Crippen LogP contribution in [0, 0.1) is 5.82 Å². The van der Waals surface area contributed by atoms with E-state index in [2.05, 4.69) is 32.3 Å². The number of nitrogens with zero attached hydrogens (tertiary/aromatic N) is 5. The third kappa shape index (κ3) is 5.56. The van der Waals surface area contributed by atoms with Crippen molar-refractivity contribution in [2.45, 2.75) is 70.6 Å². The van der Waals surface area contributed by atoms with Gasteiger partial charge in [-0.1, -0.05) is 38.3 Å². The quantitative estimate of drug-likeness (QED) is 0.345. The summed E-state index contributed by atoms with van der Waals surface area (Å²) in [4.78, 5) is 18.6. The number of methoxy groups -OCH3 is 1. The smallest absolute Gasteiger partial charge is 0.252 e. The molecular formula is C28H33FN6O2. The number of ether oxygens (including phenoxy) is 1. The first-order chi connectivity index (χ1) is 18.1. The predicted molar refractivity (Wildman–Crippen MR) is 140 cm³/mol. The van der Waals surface area contributed by atoms with E-state index in [4.69, 9.17) is 4.74 Å². The number of hydrogen-bond donors (Lipinski definition) is 1. The molecule has 1 saturated carbocycles. The monoisotopic (exact) mass is 504 g/mol. The van der Waals surface area contributed by atoms with E-state index in [1.807, 2.05) is 24.3 Å². The Labute approximate surface area is 215 Å².